The highest BCUT2D eigenvalue weighted by molar-refractivity contribution is 5.20. The predicted octanol–water partition coefficient (Wildman–Crippen LogP) is 5.07. The van der Waals surface area contributed by atoms with Crippen LogP contribution in [0.2, 0.25) is 0 Å². The van der Waals surface area contributed by atoms with Gasteiger partial charge in [0, 0.05) is 19.8 Å². The van der Waals surface area contributed by atoms with Crippen LogP contribution >= 0.6 is 0 Å². The van der Waals surface area contributed by atoms with E-state index in [1.54, 1.807) is 0 Å². The molecule has 0 saturated carbocycles. The lowest BCUT2D eigenvalue weighted by Crippen LogP contribution is -2.31. The molecule has 0 aromatic heterocycles. The summed E-state index contributed by atoms with van der Waals surface area (Å²) in [5, 5.41) is 29.7. The fourth-order valence-electron chi connectivity index (χ4n) is 2.63. The molecule has 0 radical (unpaired) electrons. The summed E-state index contributed by atoms with van der Waals surface area (Å²) < 4.78 is 0. The molecule has 2 N–H and O–H groups in total. The van der Waals surface area contributed by atoms with Crippen molar-refractivity contribution in [3.8, 4) is 0 Å². The van der Waals surface area contributed by atoms with Gasteiger partial charge in [-0.1, -0.05) is 17.2 Å². The van der Waals surface area contributed by atoms with Gasteiger partial charge in [0.25, 0.3) is 0 Å². The van der Waals surface area contributed by atoms with Crippen LogP contribution in [0, 0.1) is 0 Å². The Kier molecular flexibility index (Phi) is 11.6. The Hall–Kier alpha value is -2.00. The summed E-state index contributed by atoms with van der Waals surface area (Å²) in [6.45, 7) is 15.5. The molecule has 146 valence electrons. The molecule has 0 aromatic carbocycles. The van der Waals surface area contributed by atoms with E-state index in [9.17, 15) is 0 Å². The second kappa shape index (κ2) is 11.5. The summed E-state index contributed by atoms with van der Waals surface area (Å²) in [6.07, 6.45) is 1.93. The molecule has 0 fully saturated rings. The van der Waals surface area contributed by atoms with E-state index in [2.05, 4.69) is 30.8 Å². The molecule has 0 aliphatic carbocycles. The Bertz CT molecular complexity index is 501. The number of rotatable bonds is 7. The van der Waals surface area contributed by atoms with Crippen molar-refractivity contribution in [3.05, 3.63) is 22.9 Å². The summed E-state index contributed by atoms with van der Waals surface area (Å²) in [5.41, 5.74) is 2.41. The molecule has 0 spiro atoms. The standard InChI is InChI=1S/C9H19N3O2.C7H14N2O2/c1-7(2)8(12(5)6)9(3,4)10-11-14-13;1-6(2)5-7(3,4)8-9-11-10/h13H,1-6H3;5,10H,1-4H3. The molecule has 0 unspecified atom stereocenters. The lowest BCUT2D eigenvalue weighted by Gasteiger charge is -2.29. The Balaban J connectivity index is 0. The van der Waals surface area contributed by atoms with Crippen LogP contribution in [-0.4, -0.2) is 40.6 Å². The second-order valence-electron chi connectivity index (χ2n) is 7.20. The quantitative estimate of drug-likeness (QED) is 0.285. The minimum Gasteiger partial charge on any atom is -0.379 e. The van der Waals surface area contributed by atoms with Gasteiger partial charge in [0.1, 0.15) is 5.54 Å². The highest BCUT2D eigenvalue weighted by Crippen LogP contribution is 2.25. The molecule has 0 atom stereocenters. The molecule has 0 aliphatic rings. The van der Waals surface area contributed by atoms with Crippen molar-refractivity contribution in [2.24, 2.45) is 20.8 Å². The molecule has 0 rings (SSSR count). The maximum Gasteiger partial charge on any atom is 0.119 e. The van der Waals surface area contributed by atoms with E-state index in [4.69, 9.17) is 10.5 Å². The zero-order valence-corrected chi connectivity index (χ0v) is 17.0. The van der Waals surface area contributed by atoms with E-state index >= 15 is 0 Å². The minimum absolute atomic E-state index is 0.415. The van der Waals surface area contributed by atoms with E-state index in [-0.39, 0.29) is 0 Å². The van der Waals surface area contributed by atoms with Gasteiger partial charge in [-0.15, -0.1) is 10.2 Å². The van der Waals surface area contributed by atoms with Crippen molar-refractivity contribution >= 4 is 0 Å². The van der Waals surface area contributed by atoms with Crippen LogP contribution < -0.4 is 0 Å². The van der Waals surface area contributed by atoms with Crippen LogP contribution in [0.5, 0.6) is 0 Å². The lowest BCUT2D eigenvalue weighted by molar-refractivity contribution is -0.252. The number of hydrogen-bond acceptors (Lipinski definition) is 9. The van der Waals surface area contributed by atoms with Crippen molar-refractivity contribution in [2.75, 3.05) is 14.1 Å². The minimum atomic E-state index is -0.509. The van der Waals surface area contributed by atoms with Gasteiger partial charge in [-0.2, -0.15) is 10.5 Å². The van der Waals surface area contributed by atoms with Crippen molar-refractivity contribution in [2.45, 2.75) is 66.5 Å². The van der Waals surface area contributed by atoms with Gasteiger partial charge < -0.3 is 4.90 Å². The SMILES string of the molecule is CC(C)=C(N(C)C)C(C)(C)N=NOO.CC(C)=CC(C)(C)N=NOO. The molecule has 0 bridgehead atoms. The maximum atomic E-state index is 8.10. The molecule has 25 heavy (non-hydrogen) atoms. The first-order valence-electron chi connectivity index (χ1n) is 7.77. The second-order valence-corrected chi connectivity index (χ2v) is 7.20. The van der Waals surface area contributed by atoms with Crippen LogP contribution in [0.25, 0.3) is 0 Å². The number of likely N-dealkylation sites (N-methyl/N-ethyl adjacent to an activating group) is 1. The Morgan fingerprint density at radius 2 is 1.32 bits per heavy atom. The van der Waals surface area contributed by atoms with E-state index < -0.39 is 11.1 Å². The zero-order chi connectivity index (χ0) is 20.3. The normalized spacial score (nSPS) is 11.7. The molecule has 0 saturated heterocycles. The fourth-order valence-corrected chi connectivity index (χ4v) is 2.63. The fraction of sp³-hybridized carbons (Fsp3) is 0.750. The number of nitrogens with zero attached hydrogens (tertiary/aromatic N) is 5. The van der Waals surface area contributed by atoms with Crippen LogP contribution in [0.1, 0.15) is 55.4 Å². The maximum absolute atomic E-state index is 8.10. The van der Waals surface area contributed by atoms with Crippen molar-refractivity contribution in [3.63, 3.8) is 0 Å². The Labute approximate surface area is 150 Å². The smallest absolute Gasteiger partial charge is 0.119 e. The zero-order valence-electron chi connectivity index (χ0n) is 17.0. The molecule has 0 aliphatic heterocycles. The molecule has 0 aromatic rings. The molecule has 9 nitrogen and oxygen atoms in total. The van der Waals surface area contributed by atoms with Gasteiger partial charge in [0.15, 0.2) is 0 Å². The van der Waals surface area contributed by atoms with Gasteiger partial charge >= 0.3 is 0 Å². The summed E-state index contributed by atoms with van der Waals surface area (Å²) in [7, 11) is 3.89. The van der Waals surface area contributed by atoms with Crippen molar-refractivity contribution in [1.29, 1.82) is 0 Å². The highest BCUT2D eigenvalue weighted by atomic mass is 17.2. The highest BCUT2D eigenvalue weighted by Gasteiger charge is 2.26. The third kappa shape index (κ3) is 12.1. The van der Waals surface area contributed by atoms with Crippen LogP contribution in [0.15, 0.2) is 43.7 Å². The first kappa shape index (κ1) is 25.2. The number of allylic oxidation sites excluding steroid dienone is 2. The lowest BCUT2D eigenvalue weighted by atomic mass is 9.97. The Morgan fingerprint density at radius 3 is 1.64 bits per heavy atom. The molecular formula is C16H33N5O4. The van der Waals surface area contributed by atoms with E-state index in [0.29, 0.717) is 0 Å². The summed E-state index contributed by atoms with van der Waals surface area (Å²) in [6, 6.07) is 0. The number of hydrogen-bond donors (Lipinski definition) is 2. The van der Waals surface area contributed by atoms with Gasteiger partial charge in [-0.05, 0) is 55.4 Å². The summed E-state index contributed by atoms with van der Waals surface area (Å²) >= 11 is 0. The average Bonchev–Trinajstić information content (AvgIpc) is 2.41. The average molecular weight is 359 g/mol. The van der Waals surface area contributed by atoms with Gasteiger partial charge in [-0.25, -0.2) is 9.98 Å². The van der Waals surface area contributed by atoms with Gasteiger partial charge in [0.2, 0.25) is 0 Å². The van der Waals surface area contributed by atoms with Crippen LogP contribution in [0.4, 0.5) is 0 Å². The topological polar surface area (TPSA) is 112 Å². The summed E-state index contributed by atoms with van der Waals surface area (Å²) in [4.78, 5) is 9.07. The van der Waals surface area contributed by atoms with Crippen molar-refractivity contribution in [1.82, 2.24) is 4.90 Å². The first-order chi connectivity index (χ1) is 11.3. The van der Waals surface area contributed by atoms with Crippen LogP contribution in [-0.2, 0) is 9.98 Å². The molecular weight excluding hydrogens is 326 g/mol. The third-order valence-corrected chi connectivity index (χ3v) is 2.80. The van der Waals surface area contributed by atoms with E-state index in [1.165, 1.54) is 0 Å². The predicted molar refractivity (Wildman–Crippen MR) is 96.8 cm³/mol. The van der Waals surface area contributed by atoms with Gasteiger partial charge in [0.05, 0.1) is 16.1 Å². The first-order valence-corrected chi connectivity index (χ1v) is 7.77. The van der Waals surface area contributed by atoms with Crippen molar-refractivity contribution < 1.29 is 20.5 Å². The van der Waals surface area contributed by atoms with E-state index in [1.807, 2.05) is 80.5 Å². The molecule has 0 amide bonds. The third-order valence-electron chi connectivity index (χ3n) is 2.80. The largest absolute Gasteiger partial charge is 0.379 e. The summed E-state index contributed by atoms with van der Waals surface area (Å²) in [5.74, 6) is 0. The molecule has 9 heteroatoms. The monoisotopic (exact) mass is 359 g/mol. The van der Waals surface area contributed by atoms with Crippen LogP contribution in [0.3, 0.4) is 0 Å². The molecule has 0 heterocycles. The van der Waals surface area contributed by atoms with E-state index in [0.717, 1.165) is 16.8 Å². The van der Waals surface area contributed by atoms with Gasteiger partial charge in [-0.3, -0.25) is 0 Å². The Morgan fingerprint density at radius 1 is 0.880 bits per heavy atom.